The van der Waals surface area contributed by atoms with Crippen molar-refractivity contribution >= 4 is 27.8 Å². The average Bonchev–Trinajstić information content (AvgIpc) is 2.97. The van der Waals surface area contributed by atoms with E-state index >= 15 is 0 Å². The topological polar surface area (TPSA) is 152 Å². The molecule has 4 bridgehead atoms. The number of aryl methyl sites for hydroxylation is 2. The highest BCUT2D eigenvalue weighted by atomic mass is 32.2. The number of ether oxygens (including phenoxy) is 1. The van der Waals surface area contributed by atoms with E-state index < -0.39 is 27.9 Å². The van der Waals surface area contributed by atoms with Gasteiger partial charge in [-0.1, -0.05) is 45.0 Å². The molecule has 12 heteroatoms. The van der Waals surface area contributed by atoms with E-state index in [9.17, 15) is 23.1 Å². The molecule has 0 saturated carbocycles. The Morgan fingerprint density at radius 2 is 1.76 bits per heavy atom. The highest BCUT2D eigenvalue weighted by Gasteiger charge is 2.32. The third-order valence-corrected chi connectivity index (χ3v) is 8.76. The molecule has 0 radical (unpaired) electrons. The van der Waals surface area contributed by atoms with Gasteiger partial charge in [-0.25, -0.2) is 22.9 Å². The maximum absolute atomic E-state index is 14.2. The van der Waals surface area contributed by atoms with E-state index in [1.165, 1.54) is 30.5 Å². The first-order valence-corrected chi connectivity index (χ1v) is 15.9. The highest BCUT2D eigenvalue weighted by molar-refractivity contribution is 7.92. The van der Waals surface area contributed by atoms with Gasteiger partial charge in [-0.3, -0.25) is 9.78 Å². The number of anilines is 1. The van der Waals surface area contributed by atoms with Gasteiger partial charge in [0.25, 0.3) is 15.9 Å². The van der Waals surface area contributed by atoms with Crippen LogP contribution < -0.4 is 9.46 Å². The largest absolute Gasteiger partial charge is 0.478 e. The Labute approximate surface area is 262 Å². The van der Waals surface area contributed by atoms with Crippen LogP contribution in [0.5, 0.6) is 5.88 Å². The predicted octanol–water partition coefficient (Wildman–Crippen LogP) is 5.49. The molecule has 11 nitrogen and oxygen atoms in total. The lowest BCUT2D eigenvalue weighted by Crippen LogP contribution is -2.45. The fraction of sp³-hybridized carbons (Fsp3) is 0.303. The number of carbonyl (C=O) groups is 2. The Morgan fingerprint density at radius 3 is 2.40 bits per heavy atom. The van der Waals surface area contributed by atoms with Gasteiger partial charge in [0.2, 0.25) is 11.8 Å². The molecule has 3 heterocycles. The summed E-state index contributed by atoms with van der Waals surface area (Å²) < 4.78 is 35.9. The van der Waals surface area contributed by atoms with Gasteiger partial charge in [-0.2, -0.15) is 4.98 Å². The van der Waals surface area contributed by atoms with Gasteiger partial charge in [0.15, 0.2) is 0 Å². The van der Waals surface area contributed by atoms with Crippen LogP contribution in [0, 0.1) is 19.3 Å². The maximum Gasteiger partial charge on any atom is 0.337 e. The number of aromatic carboxylic acids is 1. The second-order valence-electron chi connectivity index (χ2n) is 12.3. The van der Waals surface area contributed by atoms with Gasteiger partial charge < -0.3 is 14.7 Å². The number of benzene rings is 2. The van der Waals surface area contributed by atoms with Crippen molar-refractivity contribution in [3.8, 4) is 17.1 Å². The Morgan fingerprint density at radius 1 is 1.04 bits per heavy atom. The maximum atomic E-state index is 14.2. The molecule has 45 heavy (non-hydrogen) atoms. The summed E-state index contributed by atoms with van der Waals surface area (Å²) in [5, 5.41) is 9.32. The van der Waals surface area contributed by atoms with E-state index in [0.29, 0.717) is 17.8 Å². The summed E-state index contributed by atoms with van der Waals surface area (Å²) in [5.74, 6) is -1.56. The molecule has 0 spiro atoms. The lowest BCUT2D eigenvalue weighted by Gasteiger charge is -2.35. The summed E-state index contributed by atoms with van der Waals surface area (Å²) in [4.78, 5) is 40.3. The number of carboxylic acids is 1. The minimum Gasteiger partial charge on any atom is -0.478 e. The molecule has 0 aliphatic carbocycles. The van der Waals surface area contributed by atoms with Crippen molar-refractivity contribution in [2.45, 2.75) is 58.5 Å². The van der Waals surface area contributed by atoms with Crippen LogP contribution in [0.2, 0.25) is 0 Å². The molecule has 1 atom stereocenters. The van der Waals surface area contributed by atoms with Crippen LogP contribution in [0.4, 0.5) is 5.95 Å². The van der Waals surface area contributed by atoms with Crippen molar-refractivity contribution in [2.75, 3.05) is 11.3 Å². The SMILES string of the molecule is Cc1cccc(C)c1-c1cc2nc(n1)NS(=O)(=O)c1cccc(c1)C(=O)N(Cc1ccc(C(=O)O)cn1)[C@H](CC(C)(C)C)CO2. The molecule has 5 rings (SSSR count). The van der Waals surface area contributed by atoms with Crippen LogP contribution in [0.15, 0.2) is 71.8 Å². The highest BCUT2D eigenvalue weighted by Crippen LogP contribution is 2.31. The number of nitrogens with one attached hydrogen (secondary N) is 1. The molecule has 1 aliphatic heterocycles. The van der Waals surface area contributed by atoms with E-state index in [-0.39, 0.29) is 46.4 Å². The molecular formula is C33H35N5O6S. The van der Waals surface area contributed by atoms with Crippen molar-refractivity contribution < 1.29 is 27.9 Å². The summed E-state index contributed by atoms with van der Waals surface area (Å²) >= 11 is 0. The quantitative estimate of drug-likeness (QED) is 0.292. The van der Waals surface area contributed by atoms with Gasteiger partial charge in [0.05, 0.1) is 34.4 Å². The van der Waals surface area contributed by atoms with Crippen LogP contribution in [0.3, 0.4) is 0 Å². The molecule has 0 fully saturated rings. The van der Waals surface area contributed by atoms with Crippen molar-refractivity contribution in [3.63, 3.8) is 0 Å². The van der Waals surface area contributed by atoms with Crippen molar-refractivity contribution in [3.05, 3.63) is 94.8 Å². The second kappa shape index (κ2) is 12.3. The predicted molar refractivity (Wildman–Crippen MR) is 169 cm³/mol. The lowest BCUT2D eigenvalue weighted by atomic mass is 9.87. The van der Waals surface area contributed by atoms with Gasteiger partial charge in [0.1, 0.15) is 6.61 Å². The van der Waals surface area contributed by atoms with Gasteiger partial charge >= 0.3 is 5.97 Å². The number of hydrogen-bond donors (Lipinski definition) is 2. The number of hydrogen-bond acceptors (Lipinski definition) is 8. The average molecular weight is 630 g/mol. The molecule has 2 aromatic heterocycles. The third-order valence-electron chi connectivity index (χ3n) is 7.43. The zero-order chi connectivity index (χ0) is 32.5. The standard InChI is InChI=1S/C33H35N5O6S/c1-20-8-6-9-21(2)29(20)27-15-28-36-32(35-27)37-45(42,43)26-11-7-10-22(14-26)30(39)38(25(19-44-28)16-33(3,4)5)18-24-13-12-23(17-34-24)31(40)41/h6-15,17,25H,16,18-19H2,1-5H3,(H,40,41)(H,35,36,37)/t25-/m1/s1. The first-order chi connectivity index (χ1) is 21.2. The van der Waals surface area contributed by atoms with Crippen molar-refractivity contribution in [1.82, 2.24) is 19.9 Å². The molecule has 1 aliphatic rings. The number of carbonyl (C=O) groups excluding carboxylic acids is 1. The number of pyridine rings is 1. The number of fused-ring (bicyclic) bond motifs is 4. The van der Waals surface area contributed by atoms with Crippen LogP contribution in [-0.4, -0.2) is 57.9 Å². The smallest absolute Gasteiger partial charge is 0.337 e. The van der Waals surface area contributed by atoms with Crippen LogP contribution in [-0.2, 0) is 16.6 Å². The molecule has 2 N–H and O–H groups in total. The summed E-state index contributed by atoms with van der Waals surface area (Å²) in [6, 6.07) is 15.8. The Balaban J connectivity index is 1.66. The minimum absolute atomic E-state index is 0.0225. The molecular weight excluding hydrogens is 594 g/mol. The van der Waals surface area contributed by atoms with Crippen molar-refractivity contribution in [2.24, 2.45) is 5.41 Å². The summed E-state index contributed by atoms with van der Waals surface area (Å²) in [5.41, 5.74) is 3.61. The number of sulfonamides is 1. The fourth-order valence-corrected chi connectivity index (χ4v) is 6.35. The Hall–Kier alpha value is -4.84. The minimum atomic E-state index is -4.20. The van der Waals surface area contributed by atoms with E-state index in [0.717, 1.165) is 16.7 Å². The van der Waals surface area contributed by atoms with E-state index in [1.54, 1.807) is 23.1 Å². The number of rotatable bonds is 5. The zero-order valence-corrected chi connectivity index (χ0v) is 26.6. The first-order valence-electron chi connectivity index (χ1n) is 14.4. The molecule has 4 aromatic rings. The summed E-state index contributed by atoms with van der Waals surface area (Å²) in [7, 11) is -4.20. The number of amides is 1. The molecule has 0 saturated heterocycles. The van der Waals surface area contributed by atoms with Crippen molar-refractivity contribution in [1.29, 1.82) is 0 Å². The van der Waals surface area contributed by atoms with E-state index in [1.807, 2.05) is 32.0 Å². The van der Waals surface area contributed by atoms with Crippen LogP contribution in [0.25, 0.3) is 11.3 Å². The normalized spacial score (nSPS) is 16.4. The first kappa shape index (κ1) is 31.6. The Kier molecular flexibility index (Phi) is 8.61. The second-order valence-corrected chi connectivity index (χ2v) is 14.0. The molecule has 2 aromatic carbocycles. The molecule has 1 amide bonds. The van der Waals surface area contributed by atoms with Crippen LogP contribution >= 0.6 is 0 Å². The monoisotopic (exact) mass is 629 g/mol. The van der Waals surface area contributed by atoms with E-state index in [2.05, 4.69) is 40.4 Å². The lowest BCUT2D eigenvalue weighted by molar-refractivity contribution is 0.0508. The summed E-state index contributed by atoms with van der Waals surface area (Å²) in [6.45, 7) is 10.1. The van der Waals surface area contributed by atoms with Crippen LogP contribution in [0.1, 0.15) is 64.7 Å². The van der Waals surface area contributed by atoms with Gasteiger partial charge in [-0.05, 0) is 67.1 Å². The molecule has 0 unspecified atom stereocenters. The number of aromatic nitrogens is 3. The fourth-order valence-electron chi connectivity index (χ4n) is 5.37. The Bertz CT molecular complexity index is 1850. The molecule has 234 valence electrons. The van der Waals surface area contributed by atoms with Gasteiger partial charge in [0, 0.05) is 23.4 Å². The number of nitrogens with zero attached hydrogens (tertiary/aromatic N) is 4. The van der Waals surface area contributed by atoms with E-state index in [4.69, 9.17) is 4.74 Å². The number of carboxylic acid groups (broad SMARTS) is 1. The van der Waals surface area contributed by atoms with Gasteiger partial charge in [-0.15, -0.1) is 0 Å². The summed E-state index contributed by atoms with van der Waals surface area (Å²) in [6.07, 6.45) is 1.76. The zero-order valence-electron chi connectivity index (χ0n) is 25.7. The third kappa shape index (κ3) is 7.28.